The van der Waals surface area contributed by atoms with Gasteiger partial charge in [-0.25, -0.2) is 0 Å². The van der Waals surface area contributed by atoms with Crippen LogP contribution in [0.25, 0.3) is 6.20 Å². The first kappa shape index (κ1) is 9.97. The van der Waals surface area contributed by atoms with Crippen molar-refractivity contribution in [2.45, 2.75) is 6.04 Å². The first-order valence-corrected chi connectivity index (χ1v) is 5.65. The second kappa shape index (κ2) is 4.34. The number of para-hydroxylation sites is 1. The number of hydrogen-bond acceptors (Lipinski definition) is 2. The Morgan fingerprint density at radius 1 is 0.824 bits per heavy atom. The number of aliphatic imine (C=N–C) groups is 1. The number of hydrogen-bond donors (Lipinski definition) is 0. The third-order valence-corrected chi connectivity index (χ3v) is 2.80. The summed E-state index contributed by atoms with van der Waals surface area (Å²) in [6.45, 7) is 0. The van der Waals surface area contributed by atoms with Crippen molar-refractivity contribution in [3.63, 3.8) is 0 Å². The molecule has 0 spiro atoms. The van der Waals surface area contributed by atoms with Gasteiger partial charge >= 0.3 is 0 Å². The fourth-order valence-electron chi connectivity index (χ4n) is 1.91. The maximum absolute atomic E-state index is 4.73. The van der Waals surface area contributed by atoms with E-state index in [-0.39, 0.29) is 6.04 Å². The predicted molar refractivity (Wildman–Crippen MR) is 69.4 cm³/mol. The van der Waals surface area contributed by atoms with Crippen LogP contribution >= 0.6 is 0 Å². The van der Waals surface area contributed by atoms with Crippen LogP contribution < -0.4 is 10.6 Å². The van der Waals surface area contributed by atoms with Crippen LogP contribution in [-0.4, -0.2) is 6.21 Å². The Bertz CT molecular complexity index is 657. The minimum atomic E-state index is 0.0103. The second-order valence-electron chi connectivity index (χ2n) is 3.97. The molecule has 1 aliphatic heterocycles. The Labute approximate surface area is 99.7 Å². The Balaban J connectivity index is 2.14. The highest BCUT2D eigenvalue weighted by Crippen LogP contribution is 2.14. The van der Waals surface area contributed by atoms with Crippen LogP contribution in [0.3, 0.4) is 0 Å². The van der Waals surface area contributed by atoms with E-state index < -0.39 is 0 Å². The zero-order valence-corrected chi connectivity index (χ0v) is 9.32. The van der Waals surface area contributed by atoms with Gasteiger partial charge in [-0.15, -0.1) is 0 Å². The van der Waals surface area contributed by atoms with E-state index >= 15 is 0 Å². The molecular weight excluding hydrogens is 208 g/mol. The molecule has 0 aliphatic carbocycles. The van der Waals surface area contributed by atoms with Crippen LogP contribution in [0.2, 0.25) is 0 Å². The SMILES string of the molecule is C1=NC=c2ccccc2=NC1c1ccccc1. The molecule has 3 rings (SSSR count). The van der Waals surface area contributed by atoms with Gasteiger partial charge in [-0.05, 0) is 11.6 Å². The van der Waals surface area contributed by atoms with Crippen molar-refractivity contribution in [2.24, 2.45) is 9.98 Å². The van der Waals surface area contributed by atoms with E-state index in [2.05, 4.69) is 17.1 Å². The van der Waals surface area contributed by atoms with Crippen LogP contribution in [-0.2, 0) is 0 Å². The largest absolute Gasteiger partial charge is 0.271 e. The average molecular weight is 220 g/mol. The molecule has 2 aromatic rings. The molecule has 82 valence electrons. The standard InChI is InChI=1S/C15H12N2/c1-2-6-12(7-3-1)15-11-16-10-13-8-4-5-9-14(13)17-15/h1-11,15H. The van der Waals surface area contributed by atoms with Gasteiger partial charge in [0.25, 0.3) is 0 Å². The highest BCUT2D eigenvalue weighted by molar-refractivity contribution is 5.70. The van der Waals surface area contributed by atoms with Gasteiger partial charge in [0.05, 0.1) is 5.36 Å². The number of nitrogens with zero attached hydrogens (tertiary/aromatic N) is 2. The Hall–Kier alpha value is -2.22. The lowest BCUT2D eigenvalue weighted by atomic mass is 10.1. The van der Waals surface area contributed by atoms with Crippen LogP contribution in [0.15, 0.2) is 64.6 Å². The lowest BCUT2D eigenvalue weighted by molar-refractivity contribution is 0.936. The van der Waals surface area contributed by atoms with Crippen molar-refractivity contribution < 1.29 is 0 Å². The summed E-state index contributed by atoms with van der Waals surface area (Å²) in [5.41, 5.74) is 1.17. The van der Waals surface area contributed by atoms with Crippen molar-refractivity contribution in [1.82, 2.24) is 0 Å². The van der Waals surface area contributed by atoms with Crippen LogP contribution in [0.5, 0.6) is 0 Å². The summed E-state index contributed by atoms with van der Waals surface area (Å²) >= 11 is 0. The van der Waals surface area contributed by atoms with E-state index in [4.69, 9.17) is 4.99 Å². The number of rotatable bonds is 1. The average Bonchev–Trinajstić information content (AvgIpc) is 2.62. The molecule has 0 saturated heterocycles. The fourth-order valence-corrected chi connectivity index (χ4v) is 1.91. The van der Waals surface area contributed by atoms with Crippen molar-refractivity contribution in [3.05, 3.63) is 70.7 Å². The van der Waals surface area contributed by atoms with Gasteiger partial charge in [-0.2, -0.15) is 0 Å². The summed E-state index contributed by atoms with van der Waals surface area (Å²) < 4.78 is 0. The van der Waals surface area contributed by atoms with Gasteiger partial charge in [-0.1, -0.05) is 48.5 Å². The van der Waals surface area contributed by atoms with E-state index in [0.717, 1.165) is 10.6 Å². The zero-order chi connectivity index (χ0) is 11.5. The van der Waals surface area contributed by atoms with Gasteiger partial charge in [0.15, 0.2) is 0 Å². The lowest BCUT2D eigenvalue weighted by Gasteiger charge is -2.05. The number of benzene rings is 2. The molecule has 0 saturated carbocycles. The molecule has 2 aromatic carbocycles. The summed E-state index contributed by atoms with van der Waals surface area (Å²) in [4.78, 5) is 9.06. The molecule has 0 N–H and O–H groups in total. The van der Waals surface area contributed by atoms with Gasteiger partial charge in [0, 0.05) is 17.6 Å². The summed E-state index contributed by atoms with van der Waals surface area (Å²) in [7, 11) is 0. The summed E-state index contributed by atoms with van der Waals surface area (Å²) in [5.74, 6) is 0. The molecule has 2 nitrogen and oxygen atoms in total. The minimum Gasteiger partial charge on any atom is -0.271 e. The Morgan fingerprint density at radius 3 is 2.47 bits per heavy atom. The van der Waals surface area contributed by atoms with E-state index in [1.165, 1.54) is 5.56 Å². The molecule has 0 bridgehead atoms. The summed E-state index contributed by atoms with van der Waals surface area (Å²) in [5, 5.41) is 2.07. The molecule has 1 heterocycles. The van der Waals surface area contributed by atoms with E-state index in [9.17, 15) is 0 Å². The molecule has 0 radical (unpaired) electrons. The molecule has 1 atom stereocenters. The number of fused-ring (bicyclic) bond motifs is 1. The molecule has 0 amide bonds. The van der Waals surface area contributed by atoms with Gasteiger partial charge in [0.1, 0.15) is 6.04 Å². The van der Waals surface area contributed by atoms with Crippen molar-refractivity contribution in [1.29, 1.82) is 0 Å². The quantitative estimate of drug-likeness (QED) is 0.701. The lowest BCUT2D eigenvalue weighted by Crippen LogP contribution is -2.23. The van der Waals surface area contributed by atoms with Crippen LogP contribution in [0.1, 0.15) is 11.6 Å². The Morgan fingerprint density at radius 2 is 1.59 bits per heavy atom. The van der Waals surface area contributed by atoms with E-state index in [0.29, 0.717) is 0 Å². The van der Waals surface area contributed by atoms with E-state index in [1.807, 2.05) is 54.9 Å². The first-order valence-electron chi connectivity index (χ1n) is 5.65. The highest BCUT2D eigenvalue weighted by Gasteiger charge is 2.06. The highest BCUT2D eigenvalue weighted by atomic mass is 14.8. The second-order valence-corrected chi connectivity index (χ2v) is 3.97. The maximum Gasteiger partial charge on any atom is 0.111 e. The molecule has 2 heteroatoms. The maximum atomic E-state index is 4.73. The fraction of sp³-hybridized carbons (Fsp3) is 0.0667. The van der Waals surface area contributed by atoms with Crippen molar-refractivity contribution in [3.8, 4) is 0 Å². The molecule has 0 fully saturated rings. The minimum absolute atomic E-state index is 0.0103. The zero-order valence-electron chi connectivity index (χ0n) is 9.32. The molecule has 1 aliphatic rings. The van der Waals surface area contributed by atoms with Gasteiger partial charge in [-0.3, -0.25) is 9.98 Å². The third kappa shape index (κ3) is 2.02. The van der Waals surface area contributed by atoms with Gasteiger partial charge < -0.3 is 0 Å². The van der Waals surface area contributed by atoms with Gasteiger partial charge in [0.2, 0.25) is 0 Å². The van der Waals surface area contributed by atoms with E-state index in [1.54, 1.807) is 0 Å². The van der Waals surface area contributed by atoms with Crippen molar-refractivity contribution in [2.75, 3.05) is 0 Å². The predicted octanol–water partition coefficient (Wildman–Crippen LogP) is 1.87. The normalized spacial score (nSPS) is 17.5. The molecule has 1 unspecified atom stereocenters. The van der Waals surface area contributed by atoms with Crippen molar-refractivity contribution >= 4 is 12.4 Å². The van der Waals surface area contributed by atoms with Crippen LogP contribution in [0.4, 0.5) is 0 Å². The summed E-state index contributed by atoms with van der Waals surface area (Å²) in [6.07, 6.45) is 3.75. The molecule has 0 aromatic heterocycles. The monoisotopic (exact) mass is 220 g/mol. The Kier molecular flexibility index (Phi) is 2.54. The molecular formula is C15H12N2. The topological polar surface area (TPSA) is 24.7 Å². The summed E-state index contributed by atoms with van der Waals surface area (Å²) in [6, 6.07) is 18.3. The smallest absolute Gasteiger partial charge is 0.111 e. The third-order valence-electron chi connectivity index (χ3n) is 2.80. The molecule has 17 heavy (non-hydrogen) atoms. The first-order chi connectivity index (χ1) is 8.43. The van der Waals surface area contributed by atoms with Crippen LogP contribution in [0, 0.1) is 0 Å².